The third-order valence-corrected chi connectivity index (χ3v) is 6.93. The Labute approximate surface area is 188 Å². The van der Waals surface area contributed by atoms with Crippen LogP contribution in [0.3, 0.4) is 0 Å². The molecule has 0 heterocycles. The molecule has 0 radical (unpaired) electrons. The van der Waals surface area contributed by atoms with Gasteiger partial charge in [0.15, 0.2) is 0 Å². The molecule has 0 spiro atoms. The summed E-state index contributed by atoms with van der Waals surface area (Å²) in [5, 5.41) is 0. The van der Waals surface area contributed by atoms with E-state index in [9.17, 15) is 4.39 Å². The zero-order valence-corrected chi connectivity index (χ0v) is 19.4. The molecule has 0 amide bonds. The highest BCUT2D eigenvalue weighted by Gasteiger charge is 2.25. The van der Waals surface area contributed by atoms with Crippen molar-refractivity contribution in [1.29, 1.82) is 0 Å². The van der Waals surface area contributed by atoms with Gasteiger partial charge in [0.2, 0.25) is 0 Å². The highest BCUT2D eigenvalue weighted by Crippen LogP contribution is 2.37. The largest absolute Gasteiger partial charge is 0.497 e. The van der Waals surface area contributed by atoms with Crippen LogP contribution < -0.4 is 4.74 Å². The first-order chi connectivity index (χ1) is 15.1. The molecular weight excluding hydrogens is 383 g/mol. The van der Waals surface area contributed by atoms with Crippen LogP contribution in [0.1, 0.15) is 81.9 Å². The molecule has 2 heteroatoms. The van der Waals surface area contributed by atoms with Crippen molar-refractivity contribution in [3.8, 4) is 17.6 Å². The number of ether oxygens (including phenoxy) is 1. The third kappa shape index (κ3) is 7.13. The van der Waals surface area contributed by atoms with Crippen LogP contribution in [0.4, 0.5) is 4.39 Å². The van der Waals surface area contributed by atoms with Crippen molar-refractivity contribution in [3.63, 3.8) is 0 Å². The van der Waals surface area contributed by atoms with Crippen molar-refractivity contribution < 1.29 is 9.13 Å². The second kappa shape index (κ2) is 11.9. The zero-order chi connectivity index (χ0) is 22.1. The number of unbranched alkanes of at least 4 members (excludes halogenated alkanes) is 2. The molecular formula is C29H37FO. The summed E-state index contributed by atoms with van der Waals surface area (Å²) < 4.78 is 19.8. The van der Waals surface area contributed by atoms with E-state index in [0.717, 1.165) is 35.1 Å². The number of rotatable bonds is 8. The maximum atomic E-state index is 14.6. The van der Waals surface area contributed by atoms with Crippen LogP contribution in [0.5, 0.6) is 5.75 Å². The molecule has 0 aliphatic heterocycles. The van der Waals surface area contributed by atoms with E-state index in [-0.39, 0.29) is 5.82 Å². The number of benzene rings is 2. The normalized spacial score (nSPS) is 19.4. The van der Waals surface area contributed by atoms with Gasteiger partial charge in [0.25, 0.3) is 0 Å². The third-order valence-electron chi connectivity index (χ3n) is 6.93. The van der Waals surface area contributed by atoms with E-state index in [1.54, 1.807) is 13.2 Å². The van der Waals surface area contributed by atoms with E-state index in [1.165, 1.54) is 51.4 Å². The summed E-state index contributed by atoms with van der Waals surface area (Å²) in [6.45, 7) is 4.62. The average Bonchev–Trinajstić information content (AvgIpc) is 2.79. The maximum Gasteiger partial charge on any atom is 0.139 e. The standard InChI is InChI=1S/C29H37FO/c1-4-5-6-7-23-8-14-26(15-9-23)22(2)20-25-11-17-27(29(30)21-25)16-10-24-12-18-28(31-3)19-13-24/h11-13,17-19,21-23,26H,4-9,14-15,20H2,1-3H3. The van der Waals surface area contributed by atoms with E-state index in [0.29, 0.717) is 11.5 Å². The number of halogens is 1. The highest BCUT2D eigenvalue weighted by atomic mass is 19.1. The van der Waals surface area contributed by atoms with Gasteiger partial charge < -0.3 is 4.74 Å². The summed E-state index contributed by atoms with van der Waals surface area (Å²) in [6, 6.07) is 13.1. The predicted molar refractivity (Wildman–Crippen MR) is 128 cm³/mol. The van der Waals surface area contributed by atoms with Gasteiger partial charge in [-0.05, 0) is 79.0 Å². The van der Waals surface area contributed by atoms with Crippen LogP contribution in [0.2, 0.25) is 0 Å². The van der Waals surface area contributed by atoms with Crippen LogP contribution in [-0.4, -0.2) is 7.11 Å². The Morgan fingerprint density at radius 3 is 2.39 bits per heavy atom. The zero-order valence-electron chi connectivity index (χ0n) is 19.4. The van der Waals surface area contributed by atoms with E-state index in [2.05, 4.69) is 25.7 Å². The van der Waals surface area contributed by atoms with E-state index in [4.69, 9.17) is 4.74 Å². The molecule has 0 aromatic heterocycles. The Bertz CT molecular complexity index is 866. The Kier molecular flexibility index (Phi) is 9.01. The molecule has 1 aliphatic rings. The molecule has 1 saturated carbocycles. The van der Waals surface area contributed by atoms with Crippen LogP contribution in [-0.2, 0) is 6.42 Å². The van der Waals surface area contributed by atoms with Crippen molar-refractivity contribution in [2.45, 2.75) is 71.6 Å². The molecule has 166 valence electrons. The minimum atomic E-state index is -0.217. The first-order valence-corrected chi connectivity index (χ1v) is 12.0. The van der Waals surface area contributed by atoms with Crippen molar-refractivity contribution in [2.75, 3.05) is 7.11 Å². The van der Waals surface area contributed by atoms with Crippen molar-refractivity contribution >= 4 is 0 Å². The fourth-order valence-electron chi connectivity index (χ4n) is 4.87. The summed E-state index contributed by atoms with van der Waals surface area (Å²) in [4.78, 5) is 0. The number of hydrogen-bond donors (Lipinski definition) is 0. The Morgan fingerprint density at radius 2 is 1.74 bits per heavy atom. The summed E-state index contributed by atoms with van der Waals surface area (Å²) in [5.41, 5.74) is 2.40. The molecule has 1 aliphatic carbocycles. The molecule has 2 aromatic rings. The first kappa shape index (κ1) is 23.4. The molecule has 1 fully saturated rings. The second-order valence-electron chi connectivity index (χ2n) is 9.25. The van der Waals surface area contributed by atoms with Crippen LogP contribution >= 0.6 is 0 Å². The van der Waals surface area contributed by atoms with Crippen molar-refractivity contribution in [1.82, 2.24) is 0 Å². The Morgan fingerprint density at radius 1 is 1.00 bits per heavy atom. The van der Waals surface area contributed by atoms with E-state index < -0.39 is 0 Å². The second-order valence-corrected chi connectivity index (χ2v) is 9.25. The van der Waals surface area contributed by atoms with E-state index >= 15 is 0 Å². The van der Waals surface area contributed by atoms with Gasteiger partial charge in [0.1, 0.15) is 11.6 Å². The molecule has 1 nitrogen and oxygen atoms in total. The highest BCUT2D eigenvalue weighted by molar-refractivity contribution is 5.45. The fourth-order valence-corrected chi connectivity index (χ4v) is 4.87. The van der Waals surface area contributed by atoms with Gasteiger partial charge >= 0.3 is 0 Å². The van der Waals surface area contributed by atoms with Crippen molar-refractivity contribution in [2.24, 2.45) is 17.8 Å². The van der Waals surface area contributed by atoms with Gasteiger partial charge in [0, 0.05) is 5.56 Å². The SMILES string of the molecule is CCCCCC1CCC(C(C)Cc2ccc(C#Cc3ccc(OC)cc3)c(F)c2)CC1. The summed E-state index contributed by atoms with van der Waals surface area (Å²) in [6.07, 6.45) is 11.9. The topological polar surface area (TPSA) is 9.23 Å². The fraction of sp³-hybridized carbons (Fsp3) is 0.517. The Balaban J connectivity index is 1.52. The molecule has 2 aromatic carbocycles. The van der Waals surface area contributed by atoms with Crippen molar-refractivity contribution in [3.05, 3.63) is 65.0 Å². The molecule has 0 bridgehead atoms. The lowest BCUT2D eigenvalue weighted by Crippen LogP contribution is -2.21. The smallest absolute Gasteiger partial charge is 0.139 e. The minimum Gasteiger partial charge on any atom is -0.497 e. The lowest BCUT2D eigenvalue weighted by atomic mass is 9.73. The summed E-state index contributed by atoms with van der Waals surface area (Å²) >= 11 is 0. The van der Waals surface area contributed by atoms with E-state index in [1.807, 2.05) is 36.4 Å². The Hall–Kier alpha value is -2.27. The minimum absolute atomic E-state index is 0.217. The van der Waals surface area contributed by atoms with Gasteiger partial charge in [-0.2, -0.15) is 0 Å². The molecule has 0 N–H and O–H groups in total. The lowest BCUT2D eigenvalue weighted by Gasteiger charge is -2.32. The van der Waals surface area contributed by atoms with Gasteiger partial charge in [0.05, 0.1) is 12.7 Å². The van der Waals surface area contributed by atoms with Gasteiger partial charge in [-0.3, -0.25) is 0 Å². The monoisotopic (exact) mass is 420 g/mol. The average molecular weight is 421 g/mol. The quantitative estimate of drug-likeness (QED) is 0.313. The first-order valence-electron chi connectivity index (χ1n) is 12.0. The number of hydrogen-bond acceptors (Lipinski definition) is 1. The van der Waals surface area contributed by atoms with Crippen LogP contribution in [0.25, 0.3) is 0 Å². The summed E-state index contributed by atoms with van der Waals surface area (Å²) in [7, 11) is 1.64. The lowest BCUT2D eigenvalue weighted by molar-refractivity contribution is 0.204. The maximum absolute atomic E-state index is 14.6. The van der Waals surface area contributed by atoms with Crippen LogP contribution in [0, 0.1) is 35.4 Å². The van der Waals surface area contributed by atoms with Crippen LogP contribution in [0.15, 0.2) is 42.5 Å². The van der Waals surface area contributed by atoms with Gasteiger partial charge in [-0.25, -0.2) is 4.39 Å². The van der Waals surface area contributed by atoms with Gasteiger partial charge in [-0.15, -0.1) is 0 Å². The van der Waals surface area contributed by atoms with Gasteiger partial charge in [-0.1, -0.05) is 70.3 Å². The molecule has 1 atom stereocenters. The molecule has 31 heavy (non-hydrogen) atoms. The molecule has 3 rings (SSSR count). The summed E-state index contributed by atoms with van der Waals surface area (Å²) in [5.74, 6) is 8.91. The molecule has 1 unspecified atom stereocenters. The molecule has 0 saturated heterocycles. The number of methoxy groups -OCH3 is 1. The predicted octanol–water partition coefficient (Wildman–Crippen LogP) is 7.80.